The lowest BCUT2D eigenvalue weighted by atomic mass is 10.1. The summed E-state index contributed by atoms with van der Waals surface area (Å²) >= 11 is 1.34. The van der Waals surface area contributed by atoms with Gasteiger partial charge in [0.1, 0.15) is 10.7 Å². The topological polar surface area (TPSA) is 101 Å². The van der Waals surface area contributed by atoms with Crippen molar-refractivity contribution in [1.29, 1.82) is 0 Å². The molecule has 1 aliphatic rings. The van der Waals surface area contributed by atoms with E-state index in [1.165, 1.54) is 16.0 Å². The zero-order valence-corrected chi connectivity index (χ0v) is 14.2. The molecule has 0 aliphatic carbocycles. The molecule has 4 rings (SSSR count). The van der Waals surface area contributed by atoms with Crippen molar-refractivity contribution in [3.63, 3.8) is 0 Å². The van der Waals surface area contributed by atoms with Crippen LogP contribution in [0.5, 0.6) is 11.5 Å². The van der Waals surface area contributed by atoms with Crippen molar-refractivity contribution in [2.75, 3.05) is 13.4 Å². The van der Waals surface area contributed by atoms with Gasteiger partial charge >= 0.3 is 5.97 Å². The number of carbonyl (C=O) groups is 1. The molecule has 0 radical (unpaired) electrons. The maximum atomic E-state index is 12.3. The Morgan fingerprint density at radius 2 is 2.12 bits per heavy atom. The summed E-state index contributed by atoms with van der Waals surface area (Å²) in [6, 6.07) is 5.35. The summed E-state index contributed by atoms with van der Waals surface area (Å²) < 4.78 is 17.3. The molecule has 0 spiro atoms. The van der Waals surface area contributed by atoms with Crippen molar-refractivity contribution >= 4 is 17.3 Å². The maximum absolute atomic E-state index is 12.3. The smallest absolute Gasteiger partial charge is 0.361 e. The van der Waals surface area contributed by atoms with Gasteiger partial charge in [0.15, 0.2) is 17.2 Å². The van der Waals surface area contributed by atoms with Gasteiger partial charge in [0, 0.05) is 5.56 Å². The highest BCUT2D eigenvalue weighted by Gasteiger charge is 2.26. The van der Waals surface area contributed by atoms with E-state index in [1.807, 2.05) is 6.92 Å². The number of aryl methyl sites for hydroxylation is 1. The van der Waals surface area contributed by atoms with E-state index in [1.54, 1.807) is 25.1 Å². The molecule has 1 aliphatic heterocycles. The third kappa shape index (κ3) is 2.70. The molecule has 9 nitrogen and oxygen atoms in total. The van der Waals surface area contributed by atoms with Gasteiger partial charge in [0.25, 0.3) is 0 Å². The molecule has 2 aromatic heterocycles. The molecule has 3 aromatic rings. The van der Waals surface area contributed by atoms with E-state index in [-0.39, 0.29) is 19.1 Å². The molecule has 0 saturated heterocycles. The molecule has 0 bridgehead atoms. The van der Waals surface area contributed by atoms with Crippen LogP contribution in [0.3, 0.4) is 0 Å². The molecule has 0 N–H and O–H groups in total. The molecular formula is C15H13N5O4S. The van der Waals surface area contributed by atoms with Crippen LogP contribution in [0, 0.1) is 6.92 Å². The van der Waals surface area contributed by atoms with E-state index >= 15 is 0 Å². The lowest BCUT2D eigenvalue weighted by molar-refractivity contribution is 0.0520. The van der Waals surface area contributed by atoms with Crippen LogP contribution in [-0.2, 0) is 4.74 Å². The van der Waals surface area contributed by atoms with Crippen molar-refractivity contribution < 1.29 is 19.0 Å². The fourth-order valence-corrected chi connectivity index (χ4v) is 3.07. The standard InChI is InChI=1S/C15H13N5O4S/c1-3-22-14(21)12-13(9-4-5-10-11(6-9)24-7-23-10)20(19-17-12)15-18-16-8(2)25-15/h4-6H,3,7H2,1-2H3. The van der Waals surface area contributed by atoms with Crippen molar-refractivity contribution in [2.45, 2.75) is 13.8 Å². The lowest BCUT2D eigenvalue weighted by Gasteiger charge is -2.06. The minimum absolute atomic E-state index is 0.105. The van der Waals surface area contributed by atoms with E-state index in [4.69, 9.17) is 14.2 Å². The predicted molar refractivity (Wildman–Crippen MR) is 87.1 cm³/mol. The first-order chi connectivity index (χ1) is 12.2. The Hall–Kier alpha value is -3.01. The number of rotatable bonds is 4. The maximum Gasteiger partial charge on any atom is 0.361 e. The highest BCUT2D eigenvalue weighted by Crippen LogP contribution is 2.37. The quantitative estimate of drug-likeness (QED) is 0.652. The summed E-state index contributed by atoms with van der Waals surface area (Å²) in [4.78, 5) is 12.3. The van der Waals surface area contributed by atoms with Gasteiger partial charge in [0.2, 0.25) is 11.9 Å². The number of ether oxygens (including phenoxy) is 3. The highest BCUT2D eigenvalue weighted by atomic mass is 32.1. The fourth-order valence-electron chi connectivity index (χ4n) is 2.43. The summed E-state index contributed by atoms with van der Waals surface area (Å²) in [5.41, 5.74) is 1.26. The Labute approximate surface area is 146 Å². The predicted octanol–water partition coefficient (Wildman–Crippen LogP) is 2.00. The van der Waals surface area contributed by atoms with Gasteiger partial charge in [0.05, 0.1) is 6.61 Å². The minimum atomic E-state index is -0.553. The van der Waals surface area contributed by atoms with Gasteiger partial charge in [-0.05, 0) is 32.0 Å². The number of benzene rings is 1. The average molecular weight is 359 g/mol. The Bertz CT molecular complexity index is 951. The Morgan fingerprint density at radius 3 is 2.88 bits per heavy atom. The van der Waals surface area contributed by atoms with Gasteiger partial charge in [-0.2, -0.15) is 4.68 Å². The third-order valence-electron chi connectivity index (χ3n) is 3.48. The summed E-state index contributed by atoms with van der Waals surface area (Å²) in [6.45, 7) is 3.97. The Kier molecular flexibility index (Phi) is 3.80. The monoisotopic (exact) mass is 359 g/mol. The van der Waals surface area contributed by atoms with Crippen molar-refractivity contribution in [2.24, 2.45) is 0 Å². The first-order valence-corrected chi connectivity index (χ1v) is 8.32. The summed E-state index contributed by atoms with van der Waals surface area (Å²) in [6.07, 6.45) is 0. The van der Waals surface area contributed by atoms with Gasteiger partial charge in [-0.15, -0.1) is 15.3 Å². The number of hydrogen-bond donors (Lipinski definition) is 0. The molecule has 0 fully saturated rings. The lowest BCUT2D eigenvalue weighted by Crippen LogP contribution is -2.08. The molecular weight excluding hydrogens is 346 g/mol. The number of carbonyl (C=O) groups excluding carboxylic acids is 1. The van der Waals surface area contributed by atoms with Crippen molar-refractivity contribution in [3.05, 3.63) is 28.9 Å². The van der Waals surface area contributed by atoms with Crippen molar-refractivity contribution in [1.82, 2.24) is 25.2 Å². The number of nitrogens with zero attached hydrogens (tertiary/aromatic N) is 5. The van der Waals surface area contributed by atoms with Crippen LogP contribution in [0.15, 0.2) is 18.2 Å². The van der Waals surface area contributed by atoms with Crippen LogP contribution in [0.25, 0.3) is 16.4 Å². The summed E-state index contributed by atoms with van der Waals surface area (Å²) in [5, 5.41) is 17.4. The number of aromatic nitrogens is 5. The number of hydrogen-bond acceptors (Lipinski definition) is 9. The molecule has 128 valence electrons. The van der Waals surface area contributed by atoms with E-state index < -0.39 is 5.97 Å². The zero-order chi connectivity index (χ0) is 17.4. The first-order valence-electron chi connectivity index (χ1n) is 7.50. The second kappa shape index (κ2) is 6.13. The number of fused-ring (bicyclic) bond motifs is 1. The molecule has 3 heterocycles. The molecule has 10 heteroatoms. The first kappa shape index (κ1) is 15.5. The van der Waals surface area contributed by atoms with Gasteiger partial charge in [-0.3, -0.25) is 0 Å². The minimum Gasteiger partial charge on any atom is -0.461 e. The van der Waals surface area contributed by atoms with Crippen LogP contribution in [0.1, 0.15) is 22.4 Å². The van der Waals surface area contributed by atoms with E-state index in [0.717, 1.165) is 5.01 Å². The van der Waals surface area contributed by atoms with Crippen LogP contribution in [0.2, 0.25) is 0 Å². The normalized spacial score (nSPS) is 12.4. The second-order valence-corrected chi connectivity index (χ2v) is 6.25. The summed E-state index contributed by atoms with van der Waals surface area (Å²) in [5.74, 6) is 0.684. The molecule has 0 saturated carbocycles. The largest absolute Gasteiger partial charge is 0.461 e. The van der Waals surface area contributed by atoms with Crippen LogP contribution >= 0.6 is 11.3 Å². The molecule has 0 atom stereocenters. The van der Waals surface area contributed by atoms with Crippen LogP contribution in [-0.4, -0.2) is 44.6 Å². The van der Waals surface area contributed by atoms with E-state index in [9.17, 15) is 4.79 Å². The van der Waals surface area contributed by atoms with Gasteiger partial charge in [-0.1, -0.05) is 16.6 Å². The third-order valence-corrected chi connectivity index (χ3v) is 4.30. The van der Waals surface area contributed by atoms with Crippen molar-refractivity contribution in [3.8, 4) is 27.9 Å². The second-order valence-electron chi connectivity index (χ2n) is 5.09. The molecule has 25 heavy (non-hydrogen) atoms. The van der Waals surface area contributed by atoms with Gasteiger partial charge < -0.3 is 14.2 Å². The summed E-state index contributed by atoms with van der Waals surface area (Å²) in [7, 11) is 0. The van der Waals surface area contributed by atoms with Gasteiger partial charge in [-0.25, -0.2) is 4.79 Å². The molecule has 1 aromatic carbocycles. The fraction of sp³-hybridized carbons (Fsp3) is 0.267. The molecule has 0 unspecified atom stereocenters. The van der Waals surface area contributed by atoms with Crippen LogP contribution < -0.4 is 9.47 Å². The average Bonchev–Trinajstić information content (AvgIpc) is 3.32. The Balaban J connectivity index is 1.88. The van der Waals surface area contributed by atoms with Crippen LogP contribution in [0.4, 0.5) is 0 Å². The van der Waals surface area contributed by atoms with E-state index in [2.05, 4.69) is 20.5 Å². The number of esters is 1. The highest BCUT2D eigenvalue weighted by molar-refractivity contribution is 7.13. The zero-order valence-electron chi connectivity index (χ0n) is 13.4. The Morgan fingerprint density at radius 1 is 1.28 bits per heavy atom. The van der Waals surface area contributed by atoms with E-state index in [0.29, 0.717) is 27.9 Å². The molecule has 0 amide bonds. The SMILES string of the molecule is CCOC(=O)c1nnn(-c2nnc(C)s2)c1-c1ccc2c(c1)OCO2.